The predicted octanol–water partition coefficient (Wildman–Crippen LogP) is 2.16. The van der Waals surface area contributed by atoms with E-state index < -0.39 is 10.0 Å². The summed E-state index contributed by atoms with van der Waals surface area (Å²) in [7, 11) is -1.83. The fraction of sp³-hybridized carbons (Fsp3) is 0.500. The van der Waals surface area contributed by atoms with Gasteiger partial charge in [-0.3, -0.25) is 4.72 Å². The summed E-state index contributed by atoms with van der Waals surface area (Å²) in [6.07, 6.45) is 0. The number of anilines is 1. The molecule has 0 heterocycles. The van der Waals surface area contributed by atoms with Crippen molar-refractivity contribution >= 4 is 31.6 Å². The van der Waals surface area contributed by atoms with Gasteiger partial charge >= 0.3 is 0 Å². The summed E-state index contributed by atoms with van der Waals surface area (Å²) in [5.74, 6) is -0.0811. The third-order valence-electron chi connectivity index (χ3n) is 2.24. The van der Waals surface area contributed by atoms with Crippen LogP contribution in [-0.4, -0.2) is 41.1 Å². The molecule has 0 saturated heterocycles. The number of hydrogen-bond donors (Lipinski definition) is 1. The molecule has 0 aliphatic heterocycles. The van der Waals surface area contributed by atoms with Crippen LogP contribution in [0, 0.1) is 6.92 Å². The highest BCUT2D eigenvalue weighted by Crippen LogP contribution is 2.19. The Morgan fingerprint density at radius 3 is 2.58 bits per heavy atom. The predicted molar refractivity (Wildman–Crippen MR) is 79.0 cm³/mol. The Morgan fingerprint density at radius 2 is 1.95 bits per heavy atom. The molecule has 108 valence electrons. The number of sulfonamides is 1. The molecule has 1 rings (SSSR count). The quantitative estimate of drug-likeness (QED) is 0.729. The summed E-state index contributed by atoms with van der Waals surface area (Å²) < 4.78 is 36.9. The van der Waals surface area contributed by atoms with E-state index in [9.17, 15) is 8.42 Å². The van der Waals surface area contributed by atoms with E-state index in [1.165, 1.54) is 0 Å². The Morgan fingerprint density at radius 1 is 1.21 bits per heavy atom. The van der Waals surface area contributed by atoms with Crippen LogP contribution < -0.4 is 4.72 Å². The summed E-state index contributed by atoms with van der Waals surface area (Å²) in [6, 6.07) is 5.40. The van der Waals surface area contributed by atoms with Gasteiger partial charge in [-0.25, -0.2) is 8.42 Å². The lowest BCUT2D eigenvalue weighted by molar-refractivity contribution is 0.0785. The summed E-state index contributed by atoms with van der Waals surface area (Å²) in [6.45, 7) is 2.89. The molecule has 0 radical (unpaired) electrons. The summed E-state index contributed by atoms with van der Waals surface area (Å²) in [5, 5.41) is 0. The topological polar surface area (TPSA) is 64.6 Å². The second kappa shape index (κ2) is 7.84. The monoisotopic (exact) mass is 351 g/mol. The van der Waals surface area contributed by atoms with Gasteiger partial charge in [0.2, 0.25) is 10.0 Å². The standard InChI is InChI=1S/C12H18BrNO4S/c1-10-7-11(13)9-12(8-10)14-19(15,16)6-5-18-4-3-17-2/h7-9,14H,3-6H2,1-2H3. The lowest BCUT2D eigenvalue weighted by Gasteiger charge is -2.09. The van der Waals surface area contributed by atoms with E-state index in [1.807, 2.05) is 13.0 Å². The Balaban J connectivity index is 2.49. The van der Waals surface area contributed by atoms with E-state index in [0.29, 0.717) is 18.9 Å². The van der Waals surface area contributed by atoms with Gasteiger partial charge in [-0.1, -0.05) is 15.9 Å². The minimum atomic E-state index is -3.39. The molecule has 1 N–H and O–H groups in total. The van der Waals surface area contributed by atoms with Crippen molar-refractivity contribution in [2.45, 2.75) is 6.92 Å². The highest BCUT2D eigenvalue weighted by Gasteiger charge is 2.10. The van der Waals surface area contributed by atoms with E-state index in [2.05, 4.69) is 20.7 Å². The van der Waals surface area contributed by atoms with Crippen LogP contribution in [0.1, 0.15) is 5.56 Å². The van der Waals surface area contributed by atoms with E-state index >= 15 is 0 Å². The fourth-order valence-electron chi connectivity index (χ4n) is 1.44. The van der Waals surface area contributed by atoms with Gasteiger partial charge in [-0.15, -0.1) is 0 Å². The average molecular weight is 352 g/mol. The molecular weight excluding hydrogens is 334 g/mol. The largest absolute Gasteiger partial charge is 0.382 e. The Bertz CT molecular complexity index is 484. The van der Waals surface area contributed by atoms with Crippen LogP contribution in [0.2, 0.25) is 0 Å². The minimum Gasteiger partial charge on any atom is -0.382 e. The highest BCUT2D eigenvalue weighted by atomic mass is 79.9. The van der Waals surface area contributed by atoms with E-state index in [-0.39, 0.29) is 12.4 Å². The molecule has 0 bridgehead atoms. The van der Waals surface area contributed by atoms with E-state index in [0.717, 1.165) is 10.0 Å². The van der Waals surface area contributed by atoms with Crippen LogP contribution in [0.3, 0.4) is 0 Å². The number of hydrogen-bond acceptors (Lipinski definition) is 4. The molecular formula is C12H18BrNO4S. The number of benzene rings is 1. The molecule has 0 aromatic heterocycles. The SMILES string of the molecule is COCCOCCS(=O)(=O)Nc1cc(C)cc(Br)c1. The normalized spacial score (nSPS) is 11.5. The maximum atomic E-state index is 11.8. The van der Waals surface area contributed by atoms with Crippen molar-refractivity contribution < 1.29 is 17.9 Å². The molecule has 0 atom stereocenters. The molecule has 0 unspecified atom stereocenters. The maximum Gasteiger partial charge on any atom is 0.235 e. The third-order valence-corrected chi connectivity index (χ3v) is 3.95. The number of nitrogens with one attached hydrogen (secondary N) is 1. The van der Waals surface area contributed by atoms with Crippen molar-refractivity contribution in [2.24, 2.45) is 0 Å². The van der Waals surface area contributed by atoms with Gasteiger partial charge in [0.15, 0.2) is 0 Å². The molecule has 7 heteroatoms. The number of ether oxygens (including phenoxy) is 2. The molecule has 1 aromatic carbocycles. The lowest BCUT2D eigenvalue weighted by Crippen LogP contribution is -2.21. The minimum absolute atomic E-state index is 0.0811. The fourth-order valence-corrected chi connectivity index (χ4v) is 2.96. The van der Waals surface area contributed by atoms with Crippen LogP contribution in [0.25, 0.3) is 0 Å². The number of methoxy groups -OCH3 is 1. The first kappa shape index (κ1) is 16.4. The number of halogens is 1. The zero-order valence-corrected chi connectivity index (χ0v) is 13.4. The third kappa shape index (κ3) is 6.91. The molecule has 0 saturated carbocycles. The van der Waals surface area contributed by atoms with Gasteiger partial charge in [-0.2, -0.15) is 0 Å². The molecule has 19 heavy (non-hydrogen) atoms. The van der Waals surface area contributed by atoms with E-state index in [4.69, 9.17) is 9.47 Å². The number of aryl methyl sites for hydroxylation is 1. The van der Waals surface area contributed by atoms with E-state index in [1.54, 1.807) is 19.2 Å². The molecule has 0 amide bonds. The first-order chi connectivity index (χ1) is 8.93. The van der Waals surface area contributed by atoms with Crippen molar-refractivity contribution in [1.82, 2.24) is 0 Å². The average Bonchev–Trinajstić information content (AvgIpc) is 2.26. The summed E-state index contributed by atoms with van der Waals surface area (Å²) in [4.78, 5) is 0. The molecule has 5 nitrogen and oxygen atoms in total. The maximum absolute atomic E-state index is 11.8. The first-order valence-electron chi connectivity index (χ1n) is 5.77. The van der Waals surface area contributed by atoms with Gasteiger partial charge in [0, 0.05) is 17.3 Å². The molecule has 0 spiro atoms. The smallest absolute Gasteiger partial charge is 0.235 e. The summed E-state index contributed by atoms with van der Waals surface area (Å²) >= 11 is 3.33. The zero-order valence-electron chi connectivity index (χ0n) is 11.0. The first-order valence-corrected chi connectivity index (χ1v) is 8.22. The van der Waals surface area contributed by atoms with Gasteiger partial charge in [-0.05, 0) is 30.7 Å². The van der Waals surface area contributed by atoms with Gasteiger partial charge in [0.25, 0.3) is 0 Å². The Hall–Kier alpha value is -0.630. The Kier molecular flexibility index (Phi) is 6.78. The van der Waals surface area contributed by atoms with Crippen LogP contribution in [0.15, 0.2) is 22.7 Å². The van der Waals surface area contributed by atoms with Crippen LogP contribution in [0.5, 0.6) is 0 Å². The van der Waals surface area contributed by atoms with Crippen molar-refractivity contribution in [3.05, 3.63) is 28.2 Å². The van der Waals surface area contributed by atoms with Gasteiger partial charge in [0.1, 0.15) is 0 Å². The van der Waals surface area contributed by atoms with Crippen molar-refractivity contribution in [3.63, 3.8) is 0 Å². The number of rotatable bonds is 8. The van der Waals surface area contributed by atoms with Crippen LogP contribution in [-0.2, 0) is 19.5 Å². The van der Waals surface area contributed by atoms with Gasteiger partial charge < -0.3 is 9.47 Å². The second-order valence-electron chi connectivity index (χ2n) is 4.04. The molecule has 0 fully saturated rings. The summed E-state index contributed by atoms with van der Waals surface area (Å²) in [5.41, 5.74) is 1.52. The van der Waals surface area contributed by atoms with Gasteiger partial charge in [0.05, 0.1) is 25.6 Å². The van der Waals surface area contributed by atoms with Crippen LogP contribution >= 0.6 is 15.9 Å². The van der Waals surface area contributed by atoms with Crippen molar-refractivity contribution in [1.29, 1.82) is 0 Å². The van der Waals surface area contributed by atoms with Crippen molar-refractivity contribution in [2.75, 3.05) is 37.4 Å². The highest BCUT2D eigenvalue weighted by molar-refractivity contribution is 9.10. The molecule has 0 aliphatic carbocycles. The molecule has 1 aromatic rings. The van der Waals surface area contributed by atoms with Crippen molar-refractivity contribution in [3.8, 4) is 0 Å². The zero-order chi connectivity index (χ0) is 14.3. The Labute approximate surface area is 122 Å². The second-order valence-corrected chi connectivity index (χ2v) is 6.80. The molecule has 0 aliphatic rings. The van der Waals surface area contributed by atoms with Crippen LogP contribution in [0.4, 0.5) is 5.69 Å². The lowest BCUT2D eigenvalue weighted by atomic mass is 10.2.